The molecule has 20 heavy (non-hydrogen) atoms. The van der Waals surface area contributed by atoms with Crippen LogP contribution in [-0.4, -0.2) is 17.6 Å². The summed E-state index contributed by atoms with van der Waals surface area (Å²) in [6.07, 6.45) is 1.47. The highest BCUT2D eigenvalue weighted by atomic mass is 32.1. The molecule has 6 heteroatoms. The van der Waals surface area contributed by atoms with Crippen molar-refractivity contribution in [2.24, 2.45) is 0 Å². The summed E-state index contributed by atoms with van der Waals surface area (Å²) in [6.45, 7) is 4.10. The minimum Gasteiger partial charge on any atom is -0.462 e. The molecule has 3 N–H and O–H groups in total. The Balaban J connectivity index is 2.17. The zero-order chi connectivity index (χ0) is 14.5. The van der Waals surface area contributed by atoms with Crippen LogP contribution in [0.5, 0.6) is 0 Å². The molecule has 1 unspecified atom stereocenters. The van der Waals surface area contributed by atoms with Crippen molar-refractivity contribution in [1.82, 2.24) is 4.98 Å². The van der Waals surface area contributed by atoms with Crippen LogP contribution in [0.2, 0.25) is 0 Å². The molecule has 0 aliphatic carbocycles. The normalized spacial score (nSPS) is 11.9. The molecule has 0 aliphatic rings. The monoisotopic (exact) mass is 291 g/mol. The van der Waals surface area contributed by atoms with Crippen molar-refractivity contribution in [3.05, 3.63) is 40.2 Å². The molecule has 0 saturated heterocycles. The summed E-state index contributed by atoms with van der Waals surface area (Å²) in [5.74, 6) is 0.166. The number of pyridine rings is 1. The minimum absolute atomic E-state index is 0.104. The zero-order valence-electron chi connectivity index (χ0n) is 11.4. The lowest BCUT2D eigenvalue weighted by Gasteiger charge is -2.14. The molecule has 0 aliphatic heterocycles. The number of nitrogen functional groups attached to an aromatic ring is 1. The van der Waals surface area contributed by atoms with Crippen LogP contribution in [0.15, 0.2) is 29.1 Å². The van der Waals surface area contributed by atoms with Gasteiger partial charge in [-0.2, -0.15) is 11.3 Å². The van der Waals surface area contributed by atoms with E-state index in [1.807, 2.05) is 18.4 Å². The molecule has 0 amide bonds. The number of esters is 1. The number of hydrogen-bond acceptors (Lipinski definition) is 6. The molecule has 5 nitrogen and oxygen atoms in total. The van der Waals surface area contributed by atoms with Crippen molar-refractivity contribution in [3.8, 4) is 0 Å². The Kier molecular flexibility index (Phi) is 4.57. The van der Waals surface area contributed by atoms with Gasteiger partial charge in [0.2, 0.25) is 0 Å². The van der Waals surface area contributed by atoms with E-state index in [-0.39, 0.29) is 6.04 Å². The third kappa shape index (κ3) is 3.27. The zero-order valence-corrected chi connectivity index (χ0v) is 12.2. The average Bonchev–Trinajstić information content (AvgIpc) is 2.95. The fourth-order valence-electron chi connectivity index (χ4n) is 1.76. The number of aromatic nitrogens is 1. The molecular weight excluding hydrogens is 274 g/mol. The third-order valence-corrected chi connectivity index (χ3v) is 3.54. The van der Waals surface area contributed by atoms with Gasteiger partial charge >= 0.3 is 5.97 Å². The van der Waals surface area contributed by atoms with E-state index in [2.05, 4.69) is 15.7 Å². The van der Waals surface area contributed by atoms with E-state index >= 15 is 0 Å². The predicted molar refractivity (Wildman–Crippen MR) is 81.0 cm³/mol. The molecule has 0 spiro atoms. The van der Waals surface area contributed by atoms with Gasteiger partial charge in [0.1, 0.15) is 5.82 Å². The van der Waals surface area contributed by atoms with Gasteiger partial charge in [0.25, 0.3) is 0 Å². The van der Waals surface area contributed by atoms with Crippen molar-refractivity contribution >= 4 is 28.8 Å². The summed E-state index contributed by atoms with van der Waals surface area (Å²) >= 11 is 1.64. The Morgan fingerprint density at radius 2 is 2.40 bits per heavy atom. The van der Waals surface area contributed by atoms with Crippen LogP contribution in [0.25, 0.3) is 0 Å². The summed E-state index contributed by atoms with van der Waals surface area (Å²) in [5, 5.41) is 7.33. The van der Waals surface area contributed by atoms with E-state index in [4.69, 9.17) is 10.5 Å². The van der Waals surface area contributed by atoms with Crippen LogP contribution in [0.1, 0.15) is 35.8 Å². The molecule has 106 valence electrons. The topological polar surface area (TPSA) is 77.2 Å². The van der Waals surface area contributed by atoms with E-state index in [1.54, 1.807) is 24.3 Å². The number of hydrogen-bond donors (Lipinski definition) is 2. The van der Waals surface area contributed by atoms with Gasteiger partial charge in [-0.3, -0.25) is 0 Å². The van der Waals surface area contributed by atoms with Gasteiger partial charge in [0, 0.05) is 0 Å². The molecule has 0 radical (unpaired) electrons. The Hall–Kier alpha value is -2.08. The van der Waals surface area contributed by atoms with E-state index in [0.717, 1.165) is 0 Å². The predicted octanol–water partition coefficient (Wildman–Crippen LogP) is 3.08. The fraction of sp³-hybridized carbons (Fsp3) is 0.286. The van der Waals surface area contributed by atoms with Crippen molar-refractivity contribution in [1.29, 1.82) is 0 Å². The van der Waals surface area contributed by atoms with Gasteiger partial charge in [0.05, 0.1) is 30.1 Å². The fourth-order valence-corrected chi connectivity index (χ4v) is 2.51. The summed E-state index contributed by atoms with van der Waals surface area (Å²) in [6, 6.07) is 3.77. The standard InChI is InChI=1S/C14H17N3O2S/c1-3-19-14(18)11-6-13(16-7-12(11)15)17-9(2)10-4-5-20-8-10/h4-9H,3,15H2,1-2H3,(H,16,17). The Morgan fingerprint density at radius 3 is 3.05 bits per heavy atom. The maximum atomic E-state index is 11.8. The second-order valence-electron chi connectivity index (χ2n) is 4.30. The van der Waals surface area contributed by atoms with Crippen LogP contribution in [0, 0.1) is 0 Å². The molecule has 0 bridgehead atoms. The Labute approximate surface area is 121 Å². The van der Waals surface area contributed by atoms with Gasteiger partial charge in [-0.05, 0) is 42.3 Å². The highest BCUT2D eigenvalue weighted by Gasteiger charge is 2.14. The number of thiophene rings is 1. The van der Waals surface area contributed by atoms with E-state index in [0.29, 0.717) is 23.7 Å². The number of carbonyl (C=O) groups is 1. The van der Waals surface area contributed by atoms with Crippen LogP contribution in [0.4, 0.5) is 11.5 Å². The summed E-state index contributed by atoms with van der Waals surface area (Å²) in [5.41, 5.74) is 7.58. The van der Waals surface area contributed by atoms with Gasteiger partial charge in [0.15, 0.2) is 0 Å². The minimum atomic E-state index is -0.432. The van der Waals surface area contributed by atoms with Crippen LogP contribution in [0.3, 0.4) is 0 Å². The lowest BCUT2D eigenvalue weighted by Crippen LogP contribution is -2.12. The average molecular weight is 291 g/mol. The molecule has 0 saturated carbocycles. The van der Waals surface area contributed by atoms with Crippen molar-refractivity contribution < 1.29 is 9.53 Å². The number of nitrogens with two attached hydrogens (primary N) is 1. The van der Waals surface area contributed by atoms with E-state index in [1.165, 1.54) is 11.8 Å². The maximum Gasteiger partial charge on any atom is 0.340 e. The number of nitrogens with one attached hydrogen (secondary N) is 1. The molecule has 2 aromatic rings. The number of nitrogens with zero attached hydrogens (tertiary/aromatic N) is 1. The maximum absolute atomic E-state index is 11.8. The molecule has 2 aromatic heterocycles. The SMILES string of the molecule is CCOC(=O)c1cc(NC(C)c2ccsc2)ncc1N. The van der Waals surface area contributed by atoms with E-state index < -0.39 is 5.97 Å². The number of carbonyl (C=O) groups excluding carboxylic acids is 1. The van der Waals surface area contributed by atoms with Crippen molar-refractivity contribution in [2.45, 2.75) is 19.9 Å². The summed E-state index contributed by atoms with van der Waals surface area (Å²) in [4.78, 5) is 16.0. The first kappa shape index (κ1) is 14.3. The molecule has 0 aromatic carbocycles. The van der Waals surface area contributed by atoms with Gasteiger partial charge in [-0.1, -0.05) is 0 Å². The van der Waals surface area contributed by atoms with Gasteiger partial charge in [-0.15, -0.1) is 0 Å². The lowest BCUT2D eigenvalue weighted by atomic mass is 10.1. The smallest absolute Gasteiger partial charge is 0.340 e. The molecule has 1 atom stereocenters. The molecular formula is C14H17N3O2S. The quantitative estimate of drug-likeness (QED) is 0.828. The highest BCUT2D eigenvalue weighted by Crippen LogP contribution is 2.22. The molecule has 2 heterocycles. The number of rotatable bonds is 5. The summed E-state index contributed by atoms with van der Waals surface area (Å²) in [7, 11) is 0. The van der Waals surface area contributed by atoms with Crippen LogP contribution < -0.4 is 11.1 Å². The number of anilines is 2. The highest BCUT2D eigenvalue weighted by molar-refractivity contribution is 7.07. The van der Waals surface area contributed by atoms with Crippen molar-refractivity contribution in [3.63, 3.8) is 0 Å². The van der Waals surface area contributed by atoms with E-state index in [9.17, 15) is 4.79 Å². The second kappa shape index (κ2) is 6.38. The summed E-state index contributed by atoms with van der Waals surface area (Å²) < 4.78 is 4.97. The number of ether oxygens (including phenoxy) is 1. The molecule has 2 rings (SSSR count). The largest absolute Gasteiger partial charge is 0.462 e. The van der Waals surface area contributed by atoms with Crippen LogP contribution >= 0.6 is 11.3 Å². The second-order valence-corrected chi connectivity index (χ2v) is 5.08. The first-order valence-electron chi connectivity index (χ1n) is 6.33. The lowest BCUT2D eigenvalue weighted by molar-refractivity contribution is 0.0527. The first-order chi connectivity index (χ1) is 9.61. The van der Waals surface area contributed by atoms with Gasteiger partial charge < -0.3 is 15.8 Å². The van der Waals surface area contributed by atoms with Crippen LogP contribution in [-0.2, 0) is 4.74 Å². The van der Waals surface area contributed by atoms with Gasteiger partial charge in [-0.25, -0.2) is 9.78 Å². The third-order valence-electron chi connectivity index (χ3n) is 2.84. The first-order valence-corrected chi connectivity index (χ1v) is 7.27. The molecule has 0 fully saturated rings. The van der Waals surface area contributed by atoms with Crippen molar-refractivity contribution in [2.75, 3.05) is 17.7 Å². The Bertz CT molecular complexity index is 584. The Morgan fingerprint density at radius 1 is 1.60 bits per heavy atom.